The molecule has 0 unspecified atom stereocenters. The summed E-state index contributed by atoms with van der Waals surface area (Å²) in [6, 6.07) is 5.50. The zero-order chi connectivity index (χ0) is 18.0. The number of hydrogen-bond acceptors (Lipinski definition) is 3. The maximum atomic E-state index is 11.0. The molecule has 0 radical (unpaired) electrons. The van der Waals surface area contributed by atoms with Gasteiger partial charge in [0.15, 0.2) is 0 Å². The van der Waals surface area contributed by atoms with Crippen LogP contribution in [0.1, 0.15) is 57.4 Å². The van der Waals surface area contributed by atoms with Crippen LogP contribution in [0.4, 0.5) is 5.69 Å². The van der Waals surface area contributed by atoms with E-state index in [1.165, 1.54) is 5.56 Å². The number of aryl methyl sites for hydroxylation is 1. The van der Waals surface area contributed by atoms with Crippen LogP contribution in [0.2, 0.25) is 0 Å². The van der Waals surface area contributed by atoms with Gasteiger partial charge in [-0.25, -0.2) is 0 Å². The van der Waals surface area contributed by atoms with Crippen LogP contribution in [0.15, 0.2) is 18.2 Å². The first kappa shape index (κ1) is 15.2. The summed E-state index contributed by atoms with van der Waals surface area (Å²) in [7, 11) is -4.26. The van der Waals surface area contributed by atoms with Crippen molar-refractivity contribution >= 4 is 16.0 Å². The van der Waals surface area contributed by atoms with Crippen molar-refractivity contribution in [2.45, 2.75) is 57.4 Å². The van der Waals surface area contributed by atoms with Crippen LogP contribution < -0.4 is 4.72 Å². The third-order valence-electron chi connectivity index (χ3n) is 6.71. The van der Waals surface area contributed by atoms with Crippen molar-refractivity contribution in [3.8, 4) is 0 Å². The summed E-state index contributed by atoms with van der Waals surface area (Å²) >= 11 is 0. The Kier molecular flexibility index (Phi) is 3.44. The van der Waals surface area contributed by atoms with E-state index in [0.717, 1.165) is 37.7 Å². The fourth-order valence-electron chi connectivity index (χ4n) is 5.58. The standard InChI is InChI=1S/C18H25NO4S/c1-18-9-8-14-13-5-3-12(19-24(21,22)23)10-11(13)2-4-15(14)16(18)6-7-17(18)20/h3,5,10,14-17,19-20H,2,4,6-9H2,1H3,(H,21,22,23)/t14-,15-,16+,17+,18+/m1/s1/i17D. The number of fused-ring (bicyclic) bond motifs is 5. The van der Waals surface area contributed by atoms with Gasteiger partial charge in [-0.1, -0.05) is 13.0 Å². The van der Waals surface area contributed by atoms with Crippen LogP contribution in [-0.2, 0) is 16.7 Å². The van der Waals surface area contributed by atoms with E-state index in [4.69, 9.17) is 5.92 Å². The number of rotatable bonds is 2. The molecule has 0 amide bonds. The molecule has 3 N–H and O–H groups in total. The Hall–Kier alpha value is -1.11. The van der Waals surface area contributed by atoms with Crippen LogP contribution >= 0.6 is 0 Å². The van der Waals surface area contributed by atoms with Gasteiger partial charge in [-0.15, -0.1) is 0 Å². The molecule has 2 saturated carbocycles. The van der Waals surface area contributed by atoms with E-state index in [1.54, 1.807) is 6.07 Å². The molecule has 4 rings (SSSR count). The smallest absolute Gasteiger partial charge is 0.357 e. The van der Waals surface area contributed by atoms with Gasteiger partial charge in [0.1, 0.15) is 0 Å². The third kappa shape index (κ3) is 2.55. The zero-order valence-electron chi connectivity index (χ0n) is 14.8. The topological polar surface area (TPSA) is 86.6 Å². The molecule has 1 aromatic rings. The summed E-state index contributed by atoms with van der Waals surface area (Å²) in [5.74, 6) is 1.26. The molecule has 3 aliphatic rings. The predicted molar refractivity (Wildman–Crippen MR) is 92.2 cm³/mol. The Morgan fingerprint density at radius 1 is 1.29 bits per heavy atom. The van der Waals surface area contributed by atoms with E-state index in [-0.39, 0.29) is 5.41 Å². The average Bonchev–Trinajstić information content (AvgIpc) is 2.75. The summed E-state index contributed by atoms with van der Waals surface area (Å²) in [6.07, 6.45) is 3.83. The molecule has 0 aliphatic heterocycles. The van der Waals surface area contributed by atoms with Crippen LogP contribution in [0.25, 0.3) is 0 Å². The summed E-state index contributed by atoms with van der Waals surface area (Å²) in [4.78, 5) is 0. The van der Waals surface area contributed by atoms with Gasteiger partial charge in [0.2, 0.25) is 0 Å². The Bertz CT molecular complexity index is 809. The lowest BCUT2D eigenvalue weighted by Crippen LogP contribution is -2.43. The summed E-state index contributed by atoms with van der Waals surface area (Å²) in [6.45, 7) is 2.09. The summed E-state index contributed by atoms with van der Waals surface area (Å²) in [5, 5.41) is 10.6. The normalized spacial score (nSPS) is 41.8. The molecule has 5 atom stereocenters. The highest BCUT2D eigenvalue weighted by Crippen LogP contribution is 2.60. The second kappa shape index (κ2) is 5.44. The number of nitrogens with one attached hydrogen (secondary N) is 1. The summed E-state index contributed by atoms with van der Waals surface area (Å²) < 4.78 is 41.5. The fourth-order valence-corrected chi connectivity index (χ4v) is 6.01. The molecule has 2 fully saturated rings. The van der Waals surface area contributed by atoms with E-state index in [0.29, 0.717) is 29.9 Å². The molecule has 0 aromatic heterocycles. The lowest BCUT2D eigenvalue weighted by molar-refractivity contribution is -0.0226. The second-order valence-electron chi connectivity index (χ2n) is 7.85. The van der Waals surface area contributed by atoms with E-state index in [1.807, 2.05) is 12.1 Å². The Labute approximate surface area is 144 Å². The van der Waals surface area contributed by atoms with E-state index in [2.05, 4.69) is 11.6 Å². The molecule has 0 spiro atoms. The SMILES string of the molecule is [2H][C@]1(O)CC[C@H]2[C@@H]3CCc4cc(NS(=O)(=O)O)ccc4[C@H]3CC[C@@]21C. The highest BCUT2D eigenvalue weighted by molar-refractivity contribution is 7.87. The Morgan fingerprint density at radius 2 is 2.08 bits per heavy atom. The highest BCUT2D eigenvalue weighted by Gasteiger charge is 2.54. The van der Waals surface area contributed by atoms with E-state index >= 15 is 0 Å². The summed E-state index contributed by atoms with van der Waals surface area (Å²) in [5.41, 5.74) is 2.47. The molecule has 1 aromatic carbocycles. The van der Waals surface area contributed by atoms with Gasteiger partial charge < -0.3 is 5.11 Å². The molecule has 0 saturated heterocycles. The monoisotopic (exact) mass is 352 g/mol. The molecule has 132 valence electrons. The highest BCUT2D eigenvalue weighted by atomic mass is 32.2. The largest absolute Gasteiger partial charge is 0.393 e. The van der Waals surface area contributed by atoms with Crippen molar-refractivity contribution in [2.24, 2.45) is 17.3 Å². The van der Waals surface area contributed by atoms with Crippen LogP contribution in [0.5, 0.6) is 0 Å². The van der Waals surface area contributed by atoms with Gasteiger partial charge >= 0.3 is 10.3 Å². The van der Waals surface area contributed by atoms with Gasteiger partial charge in [0, 0.05) is 0 Å². The number of hydrogen-bond donors (Lipinski definition) is 3. The third-order valence-corrected chi connectivity index (χ3v) is 7.21. The fraction of sp³-hybridized carbons (Fsp3) is 0.667. The van der Waals surface area contributed by atoms with Crippen molar-refractivity contribution in [3.05, 3.63) is 29.3 Å². The lowest BCUT2D eigenvalue weighted by atomic mass is 9.55. The predicted octanol–water partition coefficient (Wildman–Crippen LogP) is 3.12. The van der Waals surface area contributed by atoms with Gasteiger partial charge in [-0.2, -0.15) is 8.42 Å². The number of aliphatic hydroxyl groups is 1. The van der Waals surface area contributed by atoms with E-state index < -0.39 is 16.4 Å². The second-order valence-corrected chi connectivity index (χ2v) is 9.00. The van der Waals surface area contributed by atoms with Crippen molar-refractivity contribution in [1.29, 1.82) is 0 Å². The van der Waals surface area contributed by atoms with Gasteiger partial charge in [0.25, 0.3) is 0 Å². The molecule has 24 heavy (non-hydrogen) atoms. The first-order chi connectivity index (χ1) is 11.6. The van der Waals surface area contributed by atoms with Crippen LogP contribution in [0.3, 0.4) is 0 Å². The maximum absolute atomic E-state index is 11.0. The lowest BCUT2D eigenvalue weighted by Gasteiger charge is -2.50. The molecule has 0 heterocycles. The molecule has 6 heteroatoms. The van der Waals surface area contributed by atoms with Crippen molar-refractivity contribution in [2.75, 3.05) is 4.72 Å². The minimum atomic E-state index is -4.26. The van der Waals surface area contributed by atoms with Crippen LogP contribution in [-0.4, -0.2) is 24.2 Å². The van der Waals surface area contributed by atoms with Crippen molar-refractivity contribution in [3.63, 3.8) is 0 Å². The zero-order valence-corrected chi connectivity index (χ0v) is 14.6. The minimum Gasteiger partial charge on any atom is -0.393 e. The molecular formula is C18H25NO4S. The van der Waals surface area contributed by atoms with Gasteiger partial charge in [0.05, 0.1) is 13.1 Å². The van der Waals surface area contributed by atoms with Crippen LogP contribution in [0, 0.1) is 17.3 Å². The van der Waals surface area contributed by atoms with Gasteiger partial charge in [-0.05, 0) is 85.0 Å². The number of benzene rings is 1. The Balaban J connectivity index is 1.64. The quantitative estimate of drug-likeness (QED) is 0.714. The minimum absolute atomic E-state index is 0.321. The van der Waals surface area contributed by atoms with Crippen molar-refractivity contribution < 1.29 is 19.4 Å². The van der Waals surface area contributed by atoms with Gasteiger partial charge in [-0.3, -0.25) is 9.27 Å². The Morgan fingerprint density at radius 3 is 2.83 bits per heavy atom. The molecule has 3 aliphatic carbocycles. The van der Waals surface area contributed by atoms with E-state index in [9.17, 15) is 13.5 Å². The van der Waals surface area contributed by atoms with Crippen molar-refractivity contribution in [1.82, 2.24) is 0 Å². The first-order valence-electron chi connectivity index (χ1n) is 9.21. The molecular weight excluding hydrogens is 326 g/mol. The number of anilines is 1. The average molecular weight is 352 g/mol. The first-order valence-corrected chi connectivity index (χ1v) is 10.2. The molecule has 0 bridgehead atoms. The maximum Gasteiger partial charge on any atom is 0.357 e. The molecule has 5 nitrogen and oxygen atoms in total.